The number of esters is 1. The fourth-order valence-corrected chi connectivity index (χ4v) is 2.43. The highest BCUT2D eigenvalue weighted by Crippen LogP contribution is 2.35. The largest absolute Gasteiger partial charge is 0.497 e. The number of hydrogen-bond acceptors (Lipinski definition) is 4. The summed E-state index contributed by atoms with van der Waals surface area (Å²) in [6.45, 7) is 1.40. The molecule has 98 valence electrons. The second kappa shape index (κ2) is 6.29. The van der Waals surface area contributed by atoms with Crippen molar-refractivity contribution in [3.63, 3.8) is 0 Å². The molecule has 0 saturated heterocycles. The molecule has 0 aliphatic rings. The van der Waals surface area contributed by atoms with Gasteiger partial charge in [0.15, 0.2) is 0 Å². The first kappa shape index (κ1) is 13.5. The van der Waals surface area contributed by atoms with Gasteiger partial charge in [-0.25, -0.2) is 0 Å². The molecule has 0 heterocycles. The van der Waals surface area contributed by atoms with Gasteiger partial charge in [0, 0.05) is 11.8 Å². The van der Waals surface area contributed by atoms with Crippen molar-refractivity contribution >= 4 is 17.7 Å². The molecule has 0 fully saturated rings. The number of ether oxygens (including phenoxy) is 2. The molecule has 2 rings (SSSR count). The van der Waals surface area contributed by atoms with E-state index >= 15 is 0 Å². The zero-order chi connectivity index (χ0) is 13.7. The molecule has 0 radical (unpaired) electrons. The lowest BCUT2D eigenvalue weighted by Crippen LogP contribution is -2.02. The molecule has 0 N–H and O–H groups in total. The van der Waals surface area contributed by atoms with Crippen LogP contribution < -0.4 is 9.47 Å². The molecular weight excluding hydrogens is 260 g/mol. The first-order chi connectivity index (χ1) is 9.19. The maximum Gasteiger partial charge on any atom is 0.308 e. The van der Waals surface area contributed by atoms with Crippen LogP contribution in [0.5, 0.6) is 11.5 Å². The predicted octanol–water partition coefficient (Wildman–Crippen LogP) is 3.77. The van der Waals surface area contributed by atoms with Crippen molar-refractivity contribution < 1.29 is 14.3 Å². The summed E-state index contributed by atoms with van der Waals surface area (Å²) in [6, 6.07) is 15.2. The maximum atomic E-state index is 11.1. The summed E-state index contributed by atoms with van der Waals surface area (Å²) in [5, 5.41) is 0. The topological polar surface area (TPSA) is 35.5 Å². The van der Waals surface area contributed by atoms with Gasteiger partial charge in [0.05, 0.1) is 12.0 Å². The van der Waals surface area contributed by atoms with Crippen molar-refractivity contribution in [3.8, 4) is 11.5 Å². The maximum absolute atomic E-state index is 11.1. The van der Waals surface area contributed by atoms with Gasteiger partial charge in [-0.3, -0.25) is 4.79 Å². The minimum Gasteiger partial charge on any atom is -0.497 e. The van der Waals surface area contributed by atoms with E-state index < -0.39 is 0 Å². The highest BCUT2D eigenvalue weighted by molar-refractivity contribution is 7.99. The van der Waals surface area contributed by atoms with Gasteiger partial charge in [-0.15, -0.1) is 0 Å². The molecule has 0 amide bonds. The molecular formula is C15H14O3S. The van der Waals surface area contributed by atoms with Gasteiger partial charge >= 0.3 is 5.97 Å². The van der Waals surface area contributed by atoms with Crippen LogP contribution in [0.1, 0.15) is 6.92 Å². The van der Waals surface area contributed by atoms with Gasteiger partial charge in [-0.2, -0.15) is 0 Å². The Kier molecular flexibility index (Phi) is 4.47. The second-order valence-corrected chi connectivity index (χ2v) is 4.93. The quantitative estimate of drug-likeness (QED) is 0.628. The number of benzene rings is 2. The Morgan fingerprint density at radius 1 is 1.05 bits per heavy atom. The molecule has 4 heteroatoms. The molecule has 0 unspecified atom stereocenters. The third kappa shape index (κ3) is 3.76. The highest BCUT2D eigenvalue weighted by atomic mass is 32.2. The van der Waals surface area contributed by atoms with Crippen molar-refractivity contribution in [2.45, 2.75) is 16.7 Å². The van der Waals surface area contributed by atoms with Crippen LogP contribution in [-0.2, 0) is 4.79 Å². The number of methoxy groups -OCH3 is 1. The first-order valence-corrected chi connectivity index (χ1v) is 6.60. The third-order valence-corrected chi connectivity index (χ3v) is 3.46. The van der Waals surface area contributed by atoms with Crippen LogP contribution >= 0.6 is 11.8 Å². The Labute approximate surface area is 116 Å². The van der Waals surface area contributed by atoms with E-state index in [0.717, 1.165) is 15.5 Å². The van der Waals surface area contributed by atoms with Gasteiger partial charge < -0.3 is 9.47 Å². The minimum absolute atomic E-state index is 0.317. The van der Waals surface area contributed by atoms with Crippen molar-refractivity contribution in [2.75, 3.05) is 7.11 Å². The SMILES string of the molecule is COc1ccc(Sc2ccccc2OC(C)=O)cc1. The number of carbonyl (C=O) groups excluding carboxylic acids is 1. The Hall–Kier alpha value is -1.94. The lowest BCUT2D eigenvalue weighted by molar-refractivity contribution is -0.132. The third-order valence-electron chi connectivity index (χ3n) is 2.39. The van der Waals surface area contributed by atoms with E-state index in [1.54, 1.807) is 24.9 Å². The summed E-state index contributed by atoms with van der Waals surface area (Å²) in [5.41, 5.74) is 0. The molecule has 0 aliphatic heterocycles. The Bertz CT molecular complexity index is 564. The fraction of sp³-hybridized carbons (Fsp3) is 0.133. The molecule has 0 bridgehead atoms. The molecule has 19 heavy (non-hydrogen) atoms. The first-order valence-electron chi connectivity index (χ1n) is 5.78. The monoisotopic (exact) mass is 274 g/mol. The normalized spacial score (nSPS) is 10.0. The van der Waals surface area contributed by atoms with E-state index in [4.69, 9.17) is 9.47 Å². The smallest absolute Gasteiger partial charge is 0.308 e. The Morgan fingerprint density at radius 3 is 2.37 bits per heavy atom. The number of rotatable bonds is 4. The highest BCUT2D eigenvalue weighted by Gasteiger charge is 2.07. The van der Waals surface area contributed by atoms with Gasteiger partial charge in [0.25, 0.3) is 0 Å². The summed E-state index contributed by atoms with van der Waals surface area (Å²) in [4.78, 5) is 13.0. The van der Waals surface area contributed by atoms with Gasteiger partial charge in [-0.05, 0) is 36.4 Å². The van der Waals surface area contributed by atoms with Crippen LogP contribution in [0.3, 0.4) is 0 Å². The zero-order valence-corrected chi connectivity index (χ0v) is 11.6. The lowest BCUT2D eigenvalue weighted by atomic mass is 10.3. The summed E-state index contributed by atoms with van der Waals surface area (Å²) < 4.78 is 10.3. The average molecular weight is 274 g/mol. The zero-order valence-electron chi connectivity index (χ0n) is 10.8. The molecule has 0 saturated carbocycles. The molecule has 0 aromatic heterocycles. The van der Waals surface area contributed by atoms with Crippen LogP contribution in [0, 0.1) is 0 Å². The minimum atomic E-state index is -0.317. The average Bonchev–Trinajstić information content (AvgIpc) is 2.41. The van der Waals surface area contributed by atoms with Crippen LogP contribution in [0.25, 0.3) is 0 Å². The van der Waals surface area contributed by atoms with E-state index in [1.165, 1.54) is 6.92 Å². The van der Waals surface area contributed by atoms with Crippen molar-refractivity contribution in [2.24, 2.45) is 0 Å². The summed E-state index contributed by atoms with van der Waals surface area (Å²) in [5.74, 6) is 1.08. The molecule has 2 aromatic rings. The summed E-state index contributed by atoms with van der Waals surface area (Å²) in [7, 11) is 1.64. The number of carbonyl (C=O) groups is 1. The van der Waals surface area contributed by atoms with E-state index in [-0.39, 0.29) is 5.97 Å². The van der Waals surface area contributed by atoms with Crippen molar-refractivity contribution in [3.05, 3.63) is 48.5 Å². The number of para-hydroxylation sites is 1. The van der Waals surface area contributed by atoms with Crippen LogP contribution in [-0.4, -0.2) is 13.1 Å². The second-order valence-electron chi connectivity index (χ2n) is 3.82. The van der Waals surface area contributed by atoms with Gasteiger partial charge in [0.1, 0.15) is 11.5 Å². The van der Waals surface area contributed by atoms with Gasteiger partial charge in [-0.1, -0.05) is 23.9 Å². The molecule has 0 atom stereocenters. The van der Waals surface area contributed by atoms with Crippen LogP contribution in [0.4, 0.5) is 0 Å². The van der Waals surface area contributed by atoms with Crippen LogP contribution in [0.15, 0.2) is 58.3 Å². The van der Waals surface area contributed by atoms with E-state index in [2.05, 4.69) is 0 Å². The van der Waals surface area contributed by atoms with Gasteiger partial charge in [0.2, 0.25) is 0 Å². The lowest BCUT2D eigenvalue weighted by Gasteiger charge is -2.08. The van der Waals surface area contributed by atoms with Crippen molar-refractivity contribution in [1.29, 1.82) is 0 Å². The van der Waals surface area contributed by atoms with Crippen LogP contribution in [0.2, 0.25) is 0 Å². The Morgan fingerprint density at radius 2 is 1.74 bits per heavy atom. The summed E-state index contributed by atoms with van der Waals surface area (Å²) >= 11 is 1.54. The standard InChI is InChI=1S/C15H14O3S/c1-11(16)18-14-5-3-4-6-15(14)19-13-9-7-12(17-2)8-10-13/h3-10H,1-2H3. The molecule has 0 aliphatic carbocycles. The predicted molar refractivity (Wildman–Crippen MR) is 74.9 cm³/mol. The molecule has 0 spiro atoms. The van der Waals surface area contributed by atoms with E-state index in [0.29, 0.717) is 5.75 Å². The molecule has 3 nitrogen and oxygen atoms in total. The Balaban J connectivity index is 2.19. The van der Waals surface area contributed by atoms with E-state index in [1.807, 2.05) is 42.5 Å². The fourth-order valence-electron chi connectivity index (χ4n) is 1.54. The van der Waals surface area contributed by atoms with Crippen molar-refractivity contribution in [1.82, 2.24) is 0 Å². The summed E-state index contributed by atoms with van der Waals surface area (Å²) in [6.07, 6.45) is 0. The molecule has 2 aromatic carbocycles. The van der Waals surface area contributed by atoms with E-state index in [9.17, 15) is 4.79 Å². The number of hydrogen-bond donors (Lipinski definition) is 0.